The van der Waals surface area contributed by atoms with E-state index in [0.29, 0.717) is 35.1 Å². The maximum atomic E-state index is 13.2. The fourth-order valence-corrected chi connectivity index (χ4v) is 3.99. The molecule has 0 aliphatic carbocycles. The molecule has 1 N–H and O–H groups in total. The summed E-state index contributed by atoms with van der Waals surface area (Å²) in [6.07, 6.45) is 2.43. The Bertz CT molecular complexity index is 1240. The highest BCUT2D eigenvalue weighted by molar-refractivity contribution is 6.51. The van der Waals surface area contributed by atoms with Gasteiger partial charge in [0.05, 0.1) is 25.3 Å². The molecule has 34 heavy (non-hydrogen) atoms. The van der Waals surface area contributed by atoms with Crippen LogP contribution in [-0.4, -0.2) is 35.5 Å². The summed E-state index contributed by atoms with van der Waals surface area (Å²) in [7, 11) is 1.56. The molecule has 0 radical (unpaired) electrons. The van der Waals surface area contributed by atoms with Gasteiger partial charge in [0.2, 0.25) is 0 Å². The first-order chi connectivity index (χ1) is 16.5. The minimum atomic E-state index is -0.850. The molecule has 1 aromatic heterocycles. The van der Waals surface area contributed by atoms with Gasteiger partial charge in [-0.3, -0.25) is 14.5 Å². The van der Waals surface area contributed by atoms with Crippen LogP contribution in [0.15, 0.2) is 72.4 Å². The fraction of sp³-hybridized carbons (Fsp3) is 0.222. The smallest absolute Gasteiger partial charge is 0.301 e. The molecule has 2 aromatic carbocycles. The Labute approximate surface area is 198 Å². The topological polar surface area (TPSA) is 89.0 Å². The summed E-state index contributed by atoms with van der Waals surface area (Å²) >= 11 is 0. The third kappa shape index (κ3) is 4.24. The lowest BCUT2D eigenvalue weighted by Crippen LogP contribution is -2.30. The van der Waals surface area contributed by atoms with E-state index in [1.807, 2.05) is 13.8 Å². The van der Waals surface area contributed by atoms with Crippen molar-refractivity contribution in [1.82, 2.24) is 4.98 Å². The van der Waals surface area contributed by atoms with Gasteiger partial charge in [-0.1, -0.05) is 25.1 Å². The summed E-state index contributed by atoms with van der Waals surface area (Å²) in [6.45, 7) is 4.48. The maximum Gasteiger partial charge on any atom is 0.301 e. The molecule has 7 heteroatoms. The summed E-state index contributed by atoms with van der Waals surface area (Å²) in [5.74, 6) is -0.101. The molecule has 0 bridgehead atoms. The van der Waals surface area contributed by atoms with E-state index in [2.05, 4.69) is 4.98 Å². The molecule has 1 aliphatic rings. The van der Waals surface area contributed by atoms with Crippen molar-refractivity contribution in [3.8, 4) is 11.5 Å². The van der Waals surface area contributed by atoms with Gasteiger partial charge >= 0.3 is 5.91 Å². The Hall–Kier alpha value is -4.13. The minimum Gasteiger partial charge on any atom is -0.507 e. The number of benzene rings is 2. The molecular formula is C27H26N2O5. The number of carbonyl (C=O) groups excluding carboxylic acids is 2. The number of aromatic nitrogens is 1. The lowest BCUT2D eigenvalue weighted by Gasteiger charge is -2.24. The normalized spacial score (nSPS) is 17.1. The first-order valence-electron chi connectivity index (χ1n) is 11.1. The first kappa shape index (κ1) is 23.0. The Morgan fingerprint density at radius 3 is 2.47 bits per heavy atom. The number of ether oxygens (including phenoxy) is 2. The second-order valence-corrected chi connectivity index (χ2v) is 7.96. The lowest BCUT2D eigenvalue weighted by molar-refractivity contribution is -0.132. The predicted molar refractivity (Wildman–Crippen MR) is 129 cm³/mol. The van der Waals surface area contributed by atoms with Crippen LogP contribution >= 0.6 is 0 Å². The Morgan fingerprint density at radius 2 is 1.85 bits per heavy atom. The number of Topliss-reactive ketones (excluding diaryl/α,β-unsaturated/α-hetero) is 1. The van der Waals surface area contributed by atoms with Crippen LogP contribution in [0.5, 0.6) is 11.5 Å². The summed E-state index contributed by atoms with van der Waals surface area (Å²) in [6, 6.07) is 16.5. The quantitative estimate of drug-likeness (QED) is 0.310. The summed E-state index contributed by atoms with van der Waals surface area (Å²) in [4.78, 5) is 32.0. The zero-order valence-corrected chi connectivity index (χ0v) is 19.3. The summed E-state index contributed by atoms with van der Waals surface area (Å²) in [5.41, 5.74) is 1.89. The molecule has 1 fully saturated rings. The van der Waals surface area contributed by atoms with Crippen molar-refractivity contribution in [1.29, 1.82) is 0 Å². The van der Waals surface area contributed by atoms with E-state index in [1.165, 1.54) is 4.90 Å². The number of aliphatic hydroxyl groups is 1. The van der Waals surface area contributed by atoms with Gasteiger partial charge in [-0.05, 0) is 66.9 Å². The van der Waals surface area contributed by atoms with E-state index < -0.39 is 17.7 Å². The second-order valence-electron chi connectivity index (χ2n) is 7.96. The summed E-state index contributed by atoms with van der Waals surface area (Å²) < 4.78 is 11.0. The van der Waals surface area contributed by atoms with Gasteiger partial charge in [0, 0.05) is 11.8 Å². The van der Waals surface area contributed by atoms with Crippen LogP contribution in [0.4, 0.5) is 5.82 Å². The molecular weight excluding hydrogens is 432 g/mol. The third-order valence-electron chi connectivity index (χ3n) is 5.68. The van der Waals surface area contributed by atoms with E-state index in [0.717, 1.165) is 12.0 Å². The van der Waals surface area contributed by atoms with Crippen LogP contribution in [0.25, 0.3) is 5.76 Å². The molecule has 1 atom stereocenters. The van der Waals surface area contributed by atoms with Crippen LogP contribution < -0.4 is 14.4 Å². The average molecular weight is 459 g/mol. The number of methoxy groups -OCH3 is 1. The van der Waals surface area contributed by atoms with E-state index in [4.69, 9.17) is 9.47 Å². The van der Waals surface area contributed by atoms with Crippen LogP contribution in [0, 0.1) is 6.92 Å². The molecule has 1 unspecified atom stereocenters. The molecule has 0 spiro atoms. The molecule has 0 saturated carbocycles. The minimum absolute atomic E-state index is 0.00227. The zero-order chi connectivity index (χ0) is 24.2. The highest BCUT2D eigenvalue weighted by atomic mass is 16.5. The highest BCUT2D eigenvalue weighted by Crippen LogP contribution is 2.42. The largest absolute Gasteiger partial charge is 0.507 e. The van der Waals surface area contributed by atoms with Crippen molar-refractivity contribution in [2.75, 3.05) is 18.6 Å². The number of anilines is 1. The van der Waals surface area contributed by atoms with Crippen molar-refractivity contribution < 1.29 is 24.2 Å². The number of nitrogens with zero attached hydrogens (tertiary/aromatic N) is 2. The van der Waals surface area contributed by atoms with Gasteiger partial charge in [0.15, 0.2) is 0 Å². The van der Waals surface area contributed by atoms with E-state index in [1.54, 1.807) is 74.0 Å². The molecule has 1 amide bonds. The predicted octanol–water partition coefficient (Wildman–Crippen LogP) is 4.81. The zero-order valence-electron chi connectivity index (χ0n) is 19.3. The first-order valence-corrected chi connectivity index (χ1v) is 11.1. The number of rotatable bonds is 7. The number of aliphatic hydroxyl groups excluding tert-OH is 1. The Balaban J connectivity index is 1.86. The number of ketones is 1. The van der Waals surface area contributed by atoms with E-state index in [9.17, 15) is 14.7 Å². The van der Waals surface area contributed by atoms with Crippen molar-refractivity contribution in [2.24, 2.45) is 0 Å². The molecule has 3 aromatic rings. The van der Waals surface area contributed by atoms with Gasteiger partial charge in [0.25, 0.3) is 5.78 Å². The molecule has 174 valence electrons. The monoisotopic (exact) mass is 458 g/mol. The van der Waals surface area contributed by atoms with Crippen molar-refractivity contribution in [3.05, 3.63) is 89.1 Å². The number of aryl methyl sites for hydroxylation is 1. The number of hydrogen-bond donors (Lipinski definition) is 1. The van der Waals surface area contributed by atoms with Crippen LogP contribution in [0.1, 0.15) is 36.1 Å². The van der Waals surface area contributed by atoms with Crippen molar-refractivity contribution >= 4 is 23.3 Å². The number of carbonyl (C=O) groups is 2. The Kier molecular flexibility index (Phi) is 6.63. The van der Waals surface area contributed by atoms with Crippen molar-refractivity contribution in [2.45, 2.75) is 26.3 Å². The lowest BCUT2D eigenvalue weighted by atomic mass is 9.94. The van der Waals surface area contributed by atoms with Gasteiger partial charge in [-0.25, -0.2) is 4.98 Å². The van der Waals surface area contributed by atoms with Crippen LogP contribution in [-0.2, 0) is 9.59 Å². The fourth-order valence-electron chi connectivity index (χ4n) is 3.99. The SMILES string of the molecule is CCCOc1ccc(/C(O)=C2\C(=O)C(=O)N(c3ccccn3)C2c2ccc(OC)cc2)cc1C. The summed E-state index contributed by atoms with van der Waals surface area (Å²) in [5, 5.41) is 11.3. The Morgan fingerprint density at radius 1 is 1.09 bits per heavy atom. The molecule has 2 heterocycles. The van der Waals surface area contributed by atoms with E-state index in [-0.39, 0.29) is 11.3 Å². The van der Waals surface area contributed by atoms with E-state index >= 15 is 0 Å². The number of amides is 1. The number of hydrogen-bond acceptors (Lipinski definition) is 6. The molecule has 1 saturated heterocycles. The molecule has 4 rings (SSSR count). The molecule has 7 nitrogen and oxygen atoms in total. The standard InChI is InChI=1S/C27H26N2O5/c1-4-15-34-21-13-10-19(16-17(21)2)25(30)23-24(18-8-11-20(33-3)12-9-18)29(27(32)26(23)31)22-7-5-6-14-28-22/h5-14,16,24,30H,4,15H2,1-3H3/b25-23+. The van der Waals surface area contributed by atoms with Crippen LogP contribution in [0.2, 0.25) is 0 Å². The van der Waals surface area contributed by atoms with Gasteiger partial charge < -0.3 is 14.6 Å². The number of pyridine rings is 1. The second kappa shape index (κ2) is 9.79. The highest BCUT2D eigenvalue weighted by Gasteiger charge is 2.47. The molecule has 1 aliphatic heterocycles. The van der Waals surface area contributed by atoms with Gasteiger partial charge in [-0.2, -0.15) is 0 Å². The van der Waals surface area contributed by atoms with Gasteiger partial charge in [-0.15, -0.1) is 0 Å². The third-order valence-corrected chi connectivity index (χ3v) is 5.68. The van der Waals surface area contributed by atoms with Gasteiger partial charge in [0.1, 0.15) is 23.1 Å². The van der Waals surface area contributed by atoms with Crippen molar-refractivity contribution in [3.63, 3.8) is 0 Å². The average Bonchev–Trinajstić information content (AvgIpc) is 3.13. The van der Waals surface area contributed by atoms with Crippen LogP contribution in [0.3, 0.4) is 0 Å². The maximum absolute atomic E-state index is 13.2.